The van der Waals surface area contributed by atoms with E-state index < -0.39 is 10.0 Å². The number of rotatable bonds is 4. The van der Waals surface area contributed by atoms with Crippen LogP contribution in [-0.4, -0.2) is 37.3 Å². The monoisotopic (exact) mass is 375 g/mol. The van der Waals surface area contributed by atoms with Crippen molar-refractivity contribution >= 4 is 21.6 Å². The van der Waals surface area contributed by atoms with Gasteiger partial charge in [0.2, 0.25) is 0 Å². The Kier molecular flexibility index (Phi) is 4.84. The molecule has 1 saturated heterocycles. The second-order valence-corrected chi connectivity index (χ2v) is 8.57. The average Bonchev–Trinajstić information content (AvgIpc) is 3.18. The Hall–Kier alpha value is -2.28. The molecular formula is C19H25N3O3S. The molecule has 2 N–H and O–H groups in total. The third kappa shape index (κ3) is 3.23. The lowest BCUT2D eigenvalue weighted by Gasteiger charge is -2.18. The maximum Gasteiger partial charge on any atom is 0.264 e. The third-order valence-corrected chi connectivity index (χ3v) is 6.43. The van der Waals surface area contributed by atoms with Gasteiger partial charge in [-0.25, -0.2) is 8.42 Å². The fourth-order valence-electron chi connectivity index (χ4n) is 3.59. The van der Waals surface area contributed by atoms with Crippen LogP contribution < -0.4 is 4.72 Å². The molecule has 0 spiro atoms. The number of nitrogens with zero attached hydrogens (tertiary/aromatic N) is 1. The minimum absolute atomic E-state index is 0.0505. The first-order valence-corrected chi connectivity index (χ1v) is 10.3. The zero-order chi connectivity index (χ0) is 19.1. The molecule has 2 aromatic rings. The van der Waals surface area contributed by atoms with E-state index in [1.807, 2.05) is 32.0 Å². The van der Waals surface area contributed by atoms with Gasteiger partial charge in [0.05, 0.1) is 11.3 Å². The summed E-state index contributed by atoms with van der Waals surface area (Å²) in [7, 11) is -3.90. The van der Waals surface area contributed by atoms with Crippen molar-refractivity contribution in [3.63, 3.8) is 0 Å². The number of carbonyl (C=O) groups is 1. The fraction of sp³-hybridized carbons (Fsp3) is 0.421. The van der Waals surface area contributed by atoms with Gasteiger partial charge in [0.15, 0.2) is 0 Å². The van der Waals surface area contributed by atoms with Crippen molar-refractivity contribution in [3.05, 3.63) is 46.3 Å². The number of amides is 1. The predicted molar refractivity (Wildman–Crippen MR) is 102 cm³/mol. The van der Waals surface area contributed by atoms with Crippen LogP contribution >= 0.6 is 0 Å². The molecule has 1 fully saturated rings. The van der Waals surface area contributed by atoms with Crippen LogP contribution in [0.1, 0.15) is 45.7 Å². The molecule has 1 aliphatic heterocycles. The molecule has 7 heteroatoms. The van der Waals surface area contributed by atoms with Crippen molar-refractivity contribution in [1.29, 1.82) is 0 Å². The summed E-state index contributed by atoms with van der Waals surface area (Å²) >= 11 is 0. The van der Waals surface area contributed by atoms with E-state index in [1.165, 1.54) is 0 Å². The van der Waals surface area contributed by atoms with Gasteiger partial charge < -0.3 is 9.88 Å². The number of hydrogen-bond acceptors (Lipinski definition) is 3. The zero-order valence-electron chi connectivity index (χ0n) is 15.6. The van der Waals surface area contributed by atoms with E-state index >= 15 is 0 Å². The normalized spacial score (nSPS) is 14.7. The van der Waals surface area contributed by atoms with Crippen molar-refractivity contribution in [1.82, 2.24) is 9.88 Å². The van der Waals surface area contributed by atoms with Gasteiger partial charge in [-0.05, 0) is 51.7 Å². The van der Waals surface area contributed by atoms with Crippen LogP contribution in [0.15, 0.2) is 23.1 Å². The number of aromatic nitrogens is 1. The molecule has 1 amide bonds. The molecule has 1 aromatic heterocycles. The van der Waals surface area contributed by atoms with Crippen LogP contribution in [-0.2, 0) is 10.0 Å². The molecule has 0 atom stereocenters. The molecular weight excluding hydrogens is 350 g/mol. The molecule has 3 rings (SSSR count). The van der Waals surface area contributed by atoms with Crippen LogP contribution in [0.5, 0.6) is 0 Å². The Morgan fingerprint density at radius 2 is 1.62 bits per heavy atom. The second-order valence-electron chi connectivity index (χ2n) is 6.95. The van der Waals surface area contributed by atoms with Gasteiger partial charge in [0.1, 0.15) is 4.90 Å². The van der Waals surface area contributed by atoms with Gasteiger partial charge >= 0.3 is 0 Å². The highest BCUT2D eigenvalue weighted by Crippen LogP contribution is 2.30. The summed E-state index contributed by atoms with van der Waals surface area (Å²) in [5, 5.41) is 0. The van der Waals surface area contributed by atoms with E-state index in [9.17, 15) is 13.2 Å². The lowest BCUT2D eigenvalue weighted by Crippen LogP contribution is -2.30. The quantitative estimate of drug-likeness (QED) is 0.860. The van der Waals surface area contributed by atoms with Crippen LogP contribution in [0.25, 0.3) is 0 Å². The smallest absolute Gasteiger partial charge is 0.264 e. The van der Waals surface area contributed by atoms with Gasteiger partial charge in [-0.15, -0.1) is 0 Å². The minimum Gasteiger partial charge on any atom is -0.361 e. The van der Waals surface area contributed by atoms with Gasteiger partial charge in [0, 0.05) is 24.5 Å². The van der Waals surface area contributed by atoms with Crippen molar-refractivity contribution in [2.45, 2.75) is 45.4 Å². The SMILES string of the molecule is Cc1cccc(C)c1NS(=O)(=O)c1c(C)[nH]c(C)c1C(=O)N1CCCC1. The molecule has 0 unspecified atom stereocenters. The Labute approximate surface area is 154 Å². The summed E-state index contributed by atoms with van der Waals surface area (Å²) in [5.74, 6) is -0.216. The number of hydrogen-bond donors (Lipinski definition) is 2. The molecule has 0 aliphatic carbocycles. The molecule has 0 bridgehead atoms. The number of aromatic amines is 1. The standard InChI is InChI=1S/C19H25N3O3S/c1-12-8-7-9-13(2)17(12)21-26(24,25)18-15(4)20-14(3)16(18)19(23)22-10-5-6-11-22/h7-9,20-21H,5-6,10-11H2,1-4H3. The molecule has 1 aromatic carbocycles. The predicted octanol–water partition coefficient (Wildman–Crippen LogP) is 3.29. The molecule has 2 heterocycles. The summed E-state index contributed by atoms with van der Waals surface area (Å²) in [4.78, 5) is 17.8. The van der Waals surface area contributed by atoms with E-state index in [1.54, 1.807) is 18.7 Å². The number of nitrogens with one attached hydrogen (secondary N) is 2. The lowest BCUT2D eigenvalue weighted by molar-refractivity contribution is 0.0788. The first kappa shape index (κ1) is 18.5. The van der Waals surface area contributed by atoms with Gasteiger partial charge in [-0.3, -0.25) is 9.52 Å². The zero-order valence-corrected chi connectivity index (χ0v) is 16.5. The summed E-state index contributed by atoms with van der Waals surface area (Å²) in [5.41, 5.74) is 3.55. The Morgan fingerprint density at radius 3 is 2.19 bits per heavy atom. The van der Waals surface area contributed by atoms with E-state index in [0.717, 1.165) is 24.0 Å². The number of benzene rings is 1. The minimum atomic E-state index is -3.90. The highest BCUT2D eigenvalue weighted by molar-refractivity contribution is 7.92. The number of para-hydroxylation sites is 1. The molecule has 26 heavy (non-hydrogen) atoms. The number of sulfonamides is 1. The number of carbonyl (C=O) groups excluding carboxylic acids is 1. The topological polar surface area (TPSA) is 82.3 Å². The summed E-state index contributed by atoms with van der Waals surface area (Å²) < 4.78 is 29.0. The van der Waals surface area contributed by atoms with Crippen LogP contribution in [0.2, 0.25) is 0 Å². The fourth-order valence-corrected chi connectivity index (χ4v) is 5.25. The third-order valence-electron chi connectivity index (χ3n) is 4.91. The molecule has 1 aliphatic rings. The van der Waals surface area contributed by atoms with Gasteiger partial charge in [-0.2, -0.15) is 0 Å². The van der Waals surface area contributed by atoms with E-state index in [2.05, 4.69) is 9.71 Å². The summed E-state index contributed by atoms with van der Waals surface area (Å²) in [6.45, 7) is 8.49. The number of H-pyrrole nitrogens is 1. The van der Waals surface area contributed by atoms with E-state index in [4.69, 9.17) is 0 Å². The largest absolute Gasteiger partial charge is 0.361 e. The molecule has 0 radical (unpaired) electrons. The first-order chi connectivity index (χ1) is 12.2. The second kappa shape index (κ2) is 6.79. The number of anilines is 1. The average molecular weight is 375 g/mol. The highest BCUT2D eigenvalue weighted by atomic mass is 32.2. The van der Waals surface area contributed by atoms with Crippen LogP contribution in [0, 0.1) is 27.7 Å². The molecule has 140 valence electrons. The first-order valence-electron chi connectivity index (χ1n) is 8.80. The maximum absolute atomic E-state index is 13.2. The number of aryl methyl sites for hydroxylation is 4. The summed E-state index contributed by atoms with van der Waals surface area (Å²) in [6, 6.07) is 5.60. The van der Waals surface area contributed by atoms with E-state index in [-0.39, 0.29) is 16.4 Å². The molecule has 6 nitrogen and oxygen atoms in total. The van der Waals surface area contributed by atoms with Crippen molar-refractivity contribution in [3.8, 4) is 0 Å². The Morgan fingerprint density at radius 1 is 1.04 bits per heavy atom. The van der Waals surface area contributed by atoms with Gasteiger partial charge in [-0.1, -0.05) is 18.2 Å². The van der Waals surface area contributed by atoms with Crippen molar-refractivity contribution in [2.75, 3.05) is 17.8 Å². The highest BCUT2D eigenvalue weighted by Gasteiger charge is 2.32. The van der Waals surface area contributed by atoms with E-state index in [0.29, 0.717) is 30.2 Å². The Balaban J connectivity index is 2.06. The lowest BCUT2D eigenvalue weighted by atomic mass is 10.1. The van der Waals surface area contributed by atoms with Crippen molar-refractivity contribution < 1.29 is 13.2 Å². The maximum atomic E-state index is 13.2. The Bertz CT molecular complexity index is 934. The summed E-state index contributed by atoms with van der Waals surface area (Å²) in [6.07, 6.45) is 1.91. The van der Waals surface area contributed by atoms with Gasteiger partial charge in [0.25, 0.3) is 15.9 Å². The van der Waals surface area contributed by atoms with Crippen LogP contribution in [0.3, 0.4) is 0 Å². The van der Waals surface area contributed by atoms with Crippen LogP contribution in [0.4, 0.5) is 5.69 Å². The number of likely N-dealkylation sites (tertiary alicyclic amines) is 1. The molecule has 0 saturated carbocycles. The van der Waals surface area contributed by atoms with Crippen molar-refractivity contribution in [2.24, 2.45) is 0 Å².